The Bertz CT molecular complexity index is 725. The molecule has 0 aliphatic carbocycles. The summed E-state index contributed by atoms with van der Waals surface area (Å²) in [5, 5.41) is 3.81. The number of hydrazone groups is 1. The Morgan fingerprint density at radius 1 is 1.22 bits per heavy atom. The van der Waals surface area contributed by atoms with Crippen molar-refractivity contribution in [2.75, 3.05) is 6.61 Å². The normalized spacial score (nSPS) is 10.8. The molecule has 1 amide bonds. The number of ether oxygens (including phenoxy) is 1. The number of aryl methyl sites for hydroxylation is 2. The summed E-state index contributed by atoms with van der Waals surface area (Å²) in [6.45, 7) is 5.81. The first-order chi connectivity index (χ1) is 11.0. The number of rotatable bonds is 5. The molecule has 0 aromatic heterocycles. The van der Waals surface area contributed by atoms with Crippen LogP contribution in [0.5, 0.6) is 5.75 Å². The number of hydrogen-bond acceptors (Lipinski definition) is 3. The molecule has 120 valence electrons. The minimum atomic E-state index is -0.359. The Morgan fingerprint density at radius 3 is 2.61 bits per heavy atom. The van der Waals surface area contributed by atoms with Gasteiger partial charge in [0.25, 0.3) is 5.91 Å². The molecule has 0 heterocycles. The van der Waals surface area contributed by atoms with E-state index in [0.717, 1.165) is 16.7 Å². The van der Waals surface area contributed by atoms with Crippen LogP contribution < -0.4 is 10.2 Å². The summed E-state index contributed by atoms with van der Waals surface area (Å²) < 4.78 is 18.3. The van der Waals surface area contributed by atoms with Gasteiger partial charge in [-0.05, 0) is 61.2 Å². The van der Waals surface area contributed by atoms with Gasteiger partial charge in [0.1, 0.15) is 11.6 Å². The van der Waals surface area contributed by atoms with Crippen LogP contribution in [0.2, 0.25) is 0 Å². The molecule has 0 atom stereocenters. The van der Waals surface area contributed by atoms with Gasteiger partial charge in [0.2, 0.25) is 0 Å². The van der Waals surface area contributed by atoms with E-state index in [4.69, 9.17) is 4.74 Å². The molecule has 0 fully saturated rings. The Hall–Kier alpha value is -2.69. The summed E-state index contributed by atoms with van der Waals surface area (Å²) in [7, 11) is 0. The summed E-state index contributed by atoms with van der Waals surface area (Å²) in [4.78, 5) is 11.7. The van der Waals surface area contributed by atoms with Crippen molar-refractivity contribution in [3.05, 3.63) is 64.5 Å². The molecular formula is C18H19FN2O2. The standard InChI is InChI=1S/C18H19FN2O2/c1-12-8-13(2)14(3)17(9-12)23-11-18(22)21-20-10-15-4-6-16(19)7-5-15/h4-10H,11H2,1-3H3,(H,21,22)/b20-10+. The van der Waals surface area contributed by atoms with Crippen LogP contribution in [0.3, 0.4) is 0 Å². The number of carbonyl (C=O) groups excluding carboxylic acids is 1. The first kappa shape index (κ1) is 16.7. The molecule has 0 aliphatic heterocycles. The van der Waals surface area contributed by atoms with E-state index in [9.17, 15) is 9.18 Å². The molecule has 0 saturated carbocycles. The second kappa shape index (κ2) is 7.54. The zero-order valence-corrected chi connectivity index (χ0v) is 13.4. The molecule has 2 aromatic carbocycles. The Balaban J connectivity index is 1.87. The van der Waals surface area contributed by atoms with Crippen molar-refractivity contribution in [3.63, 3.8) is 0 Å². The molecule has 2 rings (SSSR count). The lowest BCUT2D eigenvalue weighted by molar-refractivity contribution is -0.123. The lowest BCUT2D eigenvalue weighted by atomic mass is 10.1. The average Bonchev–Trinajstić information content (AvgIpc) is 2.51. The minimum Gasteiger partial charge on any atom is -0.483 e. The van der Waals surface area contributed by atoms with Crippen LogP contribution in [0.15, 0.2) is 41.5 Å². The summed E-state index contributed by atoms with van der Waals surface area (Å²) >= 11 is 0. The second-order valence-electron chi connectivity index (χ2n) is 5.34. The number of benzene rings is 2. The largest absolute Gasteiger partial charge is 0.483 e. The van der Waals surface area contributed by atoms with Crippen LogP contribution in [0.4, 0.5) is 4.39 Å². The van der Waals surface area contributed by atoms with Gasteiger partial charge < -0.3 is 4.74 Å². The highest BCUT2D eigenvalue weighted by Gasteiger charge is 2.06. The average molecular weight is 314 g/mol. The summed E-state index contributed by atoms with van der Waals surface area (Å²) in [6, 6.07) is 9.76. The van der Waals surface area contributed by atoms with Crippen molar-refractivity contribution in [1.29, 1.82) is 0 Å². The van der Waals surface area contributed by atoms with Crippen LogP contribution in [-0.4, -0.2) is 18.7 Å². The SMILES string of the molecule is Cc1cc(C)c(C)c(OCC(=O)N/N=C/c2ccc(F)cc2)c1. The van der Waals surface area contributed by atoms with Gasteiger partial charge in [-0.1, -0.05) is 18.2 Å². The summed E-state index contributed by atoms with van der Waals surface area (Å²) in [5.41, 5.74) is 6.28. The maximum absolute atomic E-state index is 12.8. The molecule has 1 N–H and O–H groups in total. The Labute approximate surface area is 135 Å². The molecular weight excluding hydrogens is 295 g/mol. The quantitative estimate of drug-likeness (QED) is 0.680. The molecule has 5 heteroatoms. The predicted molar refractivity (Wildman–Crippen MR) is 88.3 cm³/mol. The molecule has 4 nitrogen and oxygen atoms in total. The smallest absolute Gasteiger partial charge is 0.277 e. The third-order valence-electron chi connectivity index (χ3n) is 3.40. The number of nitrogens with one attached hydrogen (secondary N) is 1. The van der Waals surface area contributed by atoms with Crippen LogP contribution in [0.25, 0.3) is 0 Å². The van der Waals surface area contributed by atoms with E-state index in [1.165, 1.54) is 18.3 Å². The number of amides is 1. The molecule has 23 heavy (non-hydrogen) atoms. The maximum atomic E-state index is 12.8. The van der Waals surface area contributed by atoms with E-state index in [2.05, 4.69) is 16.6 Å². The van der Waals surface area contributed by atoms with Gasteiger partial charge >= 0.3 is 0 Å². The first-order valence-corrected chi connectivity index (χ1v) is 7.24. The van der Waals surface area contributed by atoms with E-state index < -0.39 is 0 Å². The second-order valence-corrected chi connectivity index (χ2v) is 5.34. The van der Waals surface area contributed by atoms with Gasteiger partial charge in [-0.2, -0.15) is 5.10 Å². The highest BCUT2D eigenvalue weighted by molar-refractivity contribution is 5.82. The molecule has 0 unspecified atom stereocenters. The Kier molecular flexibility index (Phi) is 5.46. The summed E-state index contributed by atoms with van der Waals surface area (Å²) in [6.07, 6.45) is 1.44. The highest BCUT2D eigenvalue weighted by Crippen LogP contribution is 2.23. The van der Waals surface area contributed by atoms with Crippen molar-refractivity contribution < 1.29 is 13.9 Å². The van der Waals surface area contributed by atoms with Crippen molar-refractivity contribution in [3.8, 4) is 5.75 Å². The van der Waals surface area contributed by atoms with Gasteiger partial charge in [0.15, 0.2) is 6.61 Å². The highest BCUT2D eigenvalue weighted by atomic mass is 19.1. The van der Waals surface area contributed by atoms with Crippen LogP contribution in [0, 0.1) is 26.6 Å². The molecule has 0 aliphatic rings. The van der Waals surface area contributed by atoms with Crippen LogP contribution in [-0.2, 0) is 4.79 Å². The van der Waals surface area contributed by atoms with Crippen molar-refractivity contribution >= 4 is 12.1 Å². The molecule has 0 spiro atoms. The monoisotopic (exact) mass is 314 g/mol. The third kappa shape index (κ3) is 4.92. The van der Waals surface area contributed by atoms with Crippen molar-refractivity contribution in [1.82, 2.24) is 5.43 Å². The van der Waals surface area contributed by atoms with E-state index in [0.29, 0.717) is 11.3 Å². The van der Waals surface area contributed by atoms with E-state index in [-0.39, 0.29) is 18.3 Å². The van der Waals surface area contributed by atoms with E-state index in [1.807, 2.05) is 26.8 Å². The Morgan fingerprint density at radius 2 is 1.91 bits per heavy atom. The van der Waals surface area contributed by atoms with E-state index in [1.54, 1.807) is 12.1 Å². The summed E-state index contributed by atoms with van der Waals surface area (Å²) in [5.74, 6) is 0.0190. The zero-order valence-electron chi connectivity index (χ0n) is 13.4. The van der Waals surface area contributed by atoms with Crippen molar-refractivity contribution in [2.24, 2.45) is 5.10 Å². The first-order valence-electron chi connectivity index (χ1n) is 7.24. The maximum Gasteiger partial charge on any atom is 0.277 e. The van der Waals surface area contributed by atoms with Crippen LogP contribution in [0.1, 0.15) is 22.3 Å². The number of nitrogens with zero attached hydrogens (tertiary/aromatic N) is 1. The fourth-order valence-electron chi connectivity index (χ4n) is 2.05. The van der Waals surface area contributed by atoms with Gasteiger partial charge in [0, 0.05) is 0 Å². The lowest BCUT2D eigenvalue weighted by Crippen LogP contribution is -2.24. The molecule has 0 radical (unpaired) electrons. The fourth-order valence-corrected chi connectivity index (χ4v) is 2.05. The van der Waals surface area contributed by atoms with Crippen molar-refractivity contribution in [2.45, 2.75) is 20.8 Å². The number of halogens is 1. The fraction of sp³-hybridized carbons (Fsp3) is 0.222. The minimum absolute atomic E-state index is 0.121. The zero-order chi connectivity index (χ0) is 16.8. The third-order valence-corrected chi connectivity index (χ3v) is 3.40. The topological polar surface area (TPSA) is 50.7 Å². The van der Waals surface area contributed by atoms with Gasteiger partial charge in [-0.3, -0.25) is 4.79 Å². The van der Waals surface area contributed by atoms with Gasteiger partial charge in [0.05, 0.1) is 6.21 Å². The van der Waals surface area contributed by atoms with E-state index >= 15 is 0 Å². The molecule has 0 saturated heterocycles. The van der Waals surface area contributed by atoms with Gasteiger partial charge in [-0.25, -0.2) is 9.82 Å². The molecule has 0 bridgehead atoms. The number of carbonyl (C=O) groups is 1. The van der Waals surface area contributed by atoms with Gasteiger partial charge in [-0.15, -0.1) is 0 Å². The molecule has 2 aromatic rings. The van der Waals surface area contributed by atoms with Crippen LogP contribution >= 0.6 is 0 Å². The predicted octanol–water partition coefficient (Wildman–Crippen LogP) is 3.28. The number of hydrogen-bond donors (Lipinski definition) is 1. The lowest BCUT2D eigenvalue weighted by Gasteiger charge is -2.11.